The van der Waals surface area contributed by atoms with Gasteiger partial charge in [0.2, 0.25) is 0 Å². The Kier molecular flexibility index (Phi) is 3.43. The predicted octanol–water partition coefficient (Wildman–Crippen LogP) is 3.82. The van der Waals surface area contributed by atoms with Gasteiger partial charge in [0.25, 0.3) is 0 Å². The number of amides is 1. The molecule has 94 valence electrons. The molecule has 1 fully saturated rings. The molecule has 2 heterocycles. The van der Waals surface area contributed by atoms with Crippen LogP contribution in [0.1, 0.15) is 44.5 Å². The first-order chi connectivity index (χ1) is 7.97. The van der Waals surface area contributed by atoms with Crippen molar-refractivity contribution in [3.8, 4) is 0 Å². The largest absolute Gasteiger partial charge is 0.444 e. The molecule has 0 aliphatic carbocycles. The summed E-state index contributed by atoms with van der Waals surface area (Å²) in [6.45, 7) is 6.51. The first kappa shape index (κ1) is 12.4. The Bertz CT molecular complexity index is 381. The van der Waals surface area contributed by atoms with Crippen molar-refractivity contribution in [2.45, 2.75) is 45.3 Å². The van der Waals surface area contributed by atoms with E-state index >= 15 is 0 Å². The Morgan fingerprint density at radius 3 is 2.88 bits per heavy atom. The molecule has 0 bridgehead atoms. The van der Waals surface area contributed by atoms with Gasteiger partial charge in [0, 0.05) is 11.4 Å². The number of nitrogens with zero attached hydrogens (tertiary/aromatic N) is 1. The van der Waals surface area contributed by atoms with Crippen LogP contribution >= 0.6 is 11.3 Å². The van der Waals surface area contributed by atoms with Gasteiger partial charge >= 0.3 is 6.09 Å². The van der Waals surface area contributed by atoms with E-state index in [2.05, 4.69) is 11.4 Å². The molecular formula is C13H19NO2S. The van der Waals surface area contributed by atoms with Crippen LogP contribution in [0.3, 0.4) is 0 Å². The Morgan fingerprint density at radius 2 is 2.29 bits per heavy atom. The maximum atomic E-state index is 12.1. The lowest BCUT2D eigenvalue weighted by Gasteiger charge is -2.28. The van der Waals surface area contributed by atoms with Crippen LogP contribution in [0.15, 0.2) is 17.5 Å². The van der Waals surface area contributed by atoms with Crippen LogP contribution in [0.5, 0.6) is 0 Å². The lowest BCUT2D eigenvalue weighted by molar-refractivity contribution is 0.0227. The molecular weight excluding hydrogens is 234 g/mol. The molecule has 17 heavy (non-hydrogen) atoms. The van der Waals surface area contributed by atoms with Gasteiger partial charge in [-0.15, -0.1) is 11.3 Å². The Morgan fingerprint density at radius 1 is 1.53 bits per heavy atom. The summed E-state index contributed by atoms with van der Waals surface area (Å²) >= 11 is 1.71. The molecule has 0 spiro atoms. The summed E-state index contributed by atoms with van der Waals surface area (Å²) in [7, 11) is 0. The van der Waals surface area contributed by atoms with Gasteiger partial charge in [-0.3, -0.25) is 0 Å². The fourth-order valence-electron chi connectivity index (χ4n) is 2.08. The molecule has 0 N–H and O–H groups in total. The molecule has 0 aromatic carbocycles. The van der Waals surface area contributed by atoms with Gasteiger partial charge in [0.05, 0.1) is 6.04 Å². The van der Waals surface area contributed by atoms with Crippen molar-refractivity contribution >= 4 is 17.4 Å². The lowest BCUT2D eigenvalue weighted by atomic mass is 10.2. The zero-order chi connectivity index (χ0) is 12.5. The van der Waals surface area contributed by atoms with Crippen LogP contribution in [0.4, 0.5) is 4.79 Å². The minimum absolute atomic E-state index is 0.187. The summed E-state index contributed by atoms with van der Waals surface area (Å²) in [5.74, 6) is 0. The van der Waals surface area contributed by atoms with E-state index in [9.17, 15) is 4.79 Å². The number of carbonyl (C=O) groups is 1. The standard InChI is InChI=1S/C13H19NO2S/c1-13(2,3)16-12(15)14-8-4-6-10(14)11-7-5-9-17-11/h5,7,9-10H,4,6,8H2,1-3H3/t10-/m0/s1. The predicted molar refractivity (Wildman–Crippen MR) is 69.2 cm³/mol. The summed E-state index contributed by atoms with van der Waals surface area (Å²) in [5.41, 5.74) is -0.417. The SMILES string of the molecule is CC(C)(C)OC(=O)N1CCC[C@H]1c1cccs1. The minimum atomic E-state index is -0.417. The number of likely N-dealkylation sites (tertiary alicyclic amines) is 1. The van der Waals surface area contributed by atoms with E-state index < -0.39 is 5.60 Å². The molecule has 4 heteroatoms. The van der Waals surface area contributed by atoms with E-state index in [-0.39, 0.29) is 12.1 Å². The molecule has 0 unspecified atom stereocenters. The Hall–Kier alpha value is -1.03. The molecule has 1 saturated heterocycles. The highest BCUT2D eigenvalue weighted by atomic mass is 32.1. The van der Waals surface area contributed by atoms with Crippen LogP contribution in [-0.2, 0) is 4.74 Å². The second kappa shape index (κ2) is 4.69. The Balaban J connectivity index is 2.07. The van der Waals surface area contributed by atoms with Crippen LogP contribution < -0.4 is 0 Å². The molecule has 1 amide bonds. The van der Waals surface area contributed by atoms with Crippen LogP contribution in [0.2, 0.25) is 0 Å². The van der Waals surface area contributed by atoms with Crippen molar-refractivity contribution in [2.24, 2.45) is 0 Å². The van der Waals surface area contributed by atoms with E-state index in [0.29, 0.717) is 0 Å². The summed E-state index contributed by atoms with van der Waals surface area (Å²) in [6.07, 6.45) is 1.91. The van der Waals surface area contributed by atoms with Gasteiger partial charge < -0.3 is 9.64 Å². The van der Waals surface area contributed by atoms with Crippen molar-refractivity contribution in [3.05, 3.63) is 22.4 Å². The second-order valence-corrected chi connectivity index (χ2v) is 6.33. The third-order valence-corrected chi connectivity index (χ3v) is 3.73. The molecule has 1 aromatic rings. The van der Waals surface area contributed by atoms with Crippen molar-refractivity contribution in [1.29, 1.82) is 0 Å². The van der Waals surface area contributed by atoms with Gasteiger partial charge in [0.1, 0.15) is 5.60 Å². The quantitative estimate of drug-likeness (QED) is 0.761. The number of rotatable bonds is 1. The summed E-state index contributed by atoms with van der Waals surface area (Å²) in [4.78, 5) is 15.2. The van der Waals surface area contributed by atoms with Crippen LogP contribution in [-0.4, -0.2) is 23.1 Å². The van der Waals surface area contributed by atoms with E-state index in [4.69, 9.17) is 4.74 Å². The average molecular weight is 253 g/mol. The number of thiophene rings is 1. The zero-order valence-corrected chi connectivity index (χ0v) is 11.4. The number of ether oxygens (including phenoxy) is 1. The maximum absolute atomic E-state index is 12.1. The minimum Gasteiger partial charge on any atom is -0.444 e. The van der Waals surface area contributed by atoms with Crippen molar-refractivity contribution in [2.75, 3.05) is 6.54 Å². The number of hydrogen-bond acceptors (Lipinski definition) is 3. The molecule has 0 radical (unpaired) electrons. The molecule has 1 aliphatic heterocycles. The fourth-order valence-corrected chi connectivity index (χ4v) is 2.96. The van der Waals surface area contributed by atoms with Crippen molar-refractivity contribution in [3.63, 3.8) is 0 Å². The van der Waals surface area contributed by atoms with E-state index in [0.717, 1.165) is 19.4 Å². The summed E-state index contributed by atoms with van der Waals surface area (Å²) < 4.78 is 5.44. The van der Waals surface area contributed by atoms with E-state index in [1.807, 2.05) is 31.7 Å². The topological polar surface area (TPSA) is 29.5 Å². The number of carbonyl (C=O) groups excluding carboxylic acids is 1. The van der Waals surface area contributed by atoms with E-state index in [1.54, 1.807) is 11.3 Å². The van der Waals surface area contributed by atoms with Gasteiger partial charge in [0.15, 0.2) is 0 Å². The number of hydrogen-bond donors (Lipinski definition) is 0. The fraction of sp³-hybridized carbons (Fsp3) is 0.615. The highest BCUT2D eigenvalue weighted by Gasteiger charge is 2.33. The summed E-state index contributed by atoms with van der Waals surface area (Å²) in [6, 6.07) is 4.34. The van der Waals surface area contributed by atoms with Crippen molar-refractivity contribution in [1.82, 2.24) is 4.90 Å². The highest BCUT2D eigenvalue weighted by Crippen LogP contribution is 2.35. The lowest BCUT2D eigenvalue weighted by Crippen LogP contribution is -2.36. The maximum Gasteiger partial charge on any atom is 0.410 e. The third-order valence-electron chi connectivity index (χ3n) is 2.75. The highest BCUT2D eigenvalue weighted by molar-refractivity contribution is 7.10. The van der Waals surface area contributed by atoms with Crippen LogP contribution in [0, 0.1) is 0 Å². The first-order valence-corrected chi connectivity index (χ1v) is 6.88. The molecule has 1 atom stereocenters. The molecule has 0 saturated carbocycles. The van der Waals surface area contributed by atoms with Gasteiger partial charge in [-0.25, -0.2) is 4.79 Å². The van der Waals surface area contributed by atoms with Gasteiger partial charge in [-0.2, -0.15) is 0 Å². The monoisotopic (exact) mass is 253 g/mol. The molecule has 1 aliphatic rings. The molecule has 2 rings (SSSR count). The van der Waals surface area contributed by atoms with Crippen LogP contribution in [0.25, 0.3) is 0 Å². The van der Waals surface area contributed by atoms with E-state index in [1.165, 1.54) is 4.88 Å². The first-order valence-electron chi connectivity index (χ1n) is 6.00. The average Bonchev–Trinajstić information content (AvgIpc) is 2.85. The molecule has 1 aromatic heterocycles. The Labute approximate surface area is 106 Å². The van der Waals surface area contributed by atoms with Crippen molar-refractivity contribution < 1.29 is 9.53 Å². The third kappa shape index (κ3) is 3.00. The van der Waals surface area contributed by atoms with Gasteiger partial charge in [-0.05, 0) is 45.1 Å². The summed E-state index contributed by atoms with van der Waals surface area (Å²) in [5, 5.41) is 2.06. The normalized spacial score (nSPS) is 20.6. The smallest absolute Gasteiger partial charge is 0.410 e. The molecule has 3 nitrogen and oxygen atoms in total. The zero-order valence-electron chi connectivity index (χ0n) is 10.6. The second-order valence-electron chi connectivity index (χ2n) is 5.35. The van der Waals surface area contributed by atoms with Gasteiger partial charge in [-0.1, -0.05) is 6.07 Å².